The van der Waals surface area contributed by atoms with E-state index >= 15 is 0 Å². The number of thiophene rings is 2. The summed E-state index contributed by atoms with van der Waals surface area (Å²) >= 11 is 3.70. The quantitative estimate of drug-likeness (QED) is 0.168. The van der Waals surface area contributed by atoms with Gasteiger partial charge in [-0.1, -0.05) is 115 Å². The fraction of sp³-hybridized carbons (Fsp3) is 0. The Bertz CT molecular complexity index is 3350. The zero-order valence-electron chi connectivity index (χ0n) is 30.6. The van der Waals surface area contributed by atoms with Gasteiger partial charge < -0.3 is 14.5 Å². The van der Waals surface area contributed by atoms with Crippen LogP contribution in [-0.2, 0) is 0 Å². The molecule has 0 bridgehead atoms. The van der Waals surface area contributed by atoms with Crippen LogP contribution in [0.1, 0.15) is 0 Å². The molecule has 0 amide bonds. The van der Waals surface area contributed by atoms with E-state index in [1.165, 1.54) is 45.9 Å². The Morgan fingerprint density at radius 1 is 0.333 bits per heavy atom. The zero-order valence-corrected chi connectivity index (χ0v) is 32.2. The molecule has 12 rings (SSSR count). The van der Waals surface area contributed by atoms with Crippen molar-refractivity contribution in [2.24, 2.45) is 0 Å². The lowest BCUT2D eigenvalue weighted by atomic mass is 9.93. The number of para-hydroxylation sites is 2. The molecule has 3 heterocycles. The normalized spacial score (nSPS) is 12.0. The Kier molecular flexibility index (Phi) is 7.27. The SMILES string of the molecule is c1ccc(N(c2ccc3c(c2)Oc2cccc4c(N(c5ccccc5)c5cccc6c5sc5ccccc56)ccc-3c24)c2cccc3c2sc2ccccc23)cc1. The van der Waals surface area contributed by atoms with Gasteiger partial charge in [-0.3, -0.25) is 0 Å². The second kappa shape index (κ2) is 12.8. The van der Waals surface area contributed by atoms with E-state index in [9.17, 15) is 0 Å². The van der Waals surface area contributed by atoms with Crippen LogP contribution in [-0.4, -0.2) is 0 Å². The van der Waals surface area contributed by atoms with Crippen LogP contribution in [0.15, 0.2) is 194 Å². The first kappa shape index (κ1) is 32.3. The van der Waals surface area contributed by atoms with Crippen LogP contribution >= 0.6 is 22.7 Å². The second-order valence-electron chi connectivity index (χ2n) is 14.4. The number of hydrogen-bond donors (Lipinski definition) is 0. The van der Waals surface area contributed by atoms with Crippen molar-refractivity contribution < 1.29 is 4.74 Å². The summed E-state index contributed by atoms with van der Waals surface area (Å²) in [6.07, 6.45) is 0. The van der Waals surface area contributed by atoms with Gasteiger partial charge in [-0.15, -0.1) is 22.7 Å². The van der Waals surface area contributed by atoms with Crippen molar-refractivity contribution in [1.82, 2.24) is 0 Å². The fourth-order valence-corrected chi connectivity index (χ4v) is 11.2. The minimum absolute atomic E-state index is 0.847. The maximum atomic E-state index is 6.96. The fourth-order valence-electron chi connectivity index (χ4n) is 8.74. The van der Waals surface area contributed by atoms with Gasteiger partial charge in [-0.2, -0.15) is 0 Å². The molecule has 0 atom stereocenters. The minimum atomic E-state index is 0.847. The second-order valence-corrected chi connectivity index (χ2v) is 16.5. The molecule has 11 aromatic rings. The summed E-state index contributed by atoms with van der Waals surface area (Å²) in [6.45, 7) is 0. The van der Waals surface area contributed by atoms with Crippen LogP contribution in [0.2, 0.25) is 0 Å². The summed E-state index contributed by atoms with van der Waals surface area (Å²) in [7, 11) is 0. The number of anilines is 6. The Balaban J connectivity index is 1.03. The van der Waals surface area contributed by atoms with Gasteiger partial charge >= 0.3 is 0 Å². The number of ether oxygens (including phenoxy) is 1. The molecule has 268 valence electrons. The van der Waals surface area contributed by atoms with Crippen LogP contribution in [0.5, 0.6) is 11.5 Å². The number of benzene rings is 9. The third-order valence-electron chi connectivity index (χ3n) is 11.2. The third-order valence-corrected chi connectivity index (χ3v) is 13.6. The van der Waals surface area contributed by atoms with E-state index in [2.05, 4.69) is 204 Å². The molecule has 5 heteroatoms. The van der Waals surface area contributed by atoms with E-state index < -0.39 is 0 Å². The average molecular weight is 765 g/mol. The lowest BCUT2D eigenvalue weighted by molar-refractivity contribution is 0.487. The molecule has 0 aliphatic carbocycles. The Hall–Kier alpha value is -6.92. The molecule has 0 N–H and O–H groups in total. The molecule has 0 saturated heterocycles. The molecule has 9 aromatic carbocycles. The van der Waals surface area contributed by atoms with Gasteiger partial charge in [0.2, 0.25) is 0 Å². The molecule has 0 radical (unpaired) electrons. The van der Waals surface area contributed by atoms with Crippen molar-refractivity contribution in [3.8, 4) is 22.6 Å². The lowest BCUT2D eigenvalue weighted by Crippen LogP contribution is -2.12. The summed E-state index contributed by atoms with van der Waals surface area (Å²) in [6, 6.07) is 69.9. The average Bonchev–Trinajstić information content (AvgIpc) is 3.85. The topological polar surface area (TPSA) is 15.7 Å². The molecule has 0 unspecified atom stereocenters. The van der Waals surface area contributed by atoms with Crippen molar-refractivity contribution in [2.45, 2.75) is 0 Å². The van der Waals surface area contributed by atoms with Gasteiger partial charge in [0.1, 0.15) is 11.5 Å². The molecule has 1 aliphatic heterocycles. The van der Waals surface area contributed by atoms with E-state index in [0.29, 0.717) is 0 Å². The molecule has 0 saturated carbocycles. The van der Waals surface area contributed by atoms with Gasteiger partial charge in [0.15, 0.2) is 0 Å². The van der Waals surface area contributed by atoms with E-state index in [4.69, 9.17) is 4.74 Å². The highest BCUT2D eigenvalue weighted by Crippen LogP contribution is 2.54. The lowest BCUT2D eigenvalue weighted by Gasteiger charge is -2.30. The monoisotopic (exact) mass is 764 g/mol. The molecule has 57 heavy (non-hydrogen) atoms. The first-order valence-corrected chi connectivity index (χ1v) is 20.8. The van der Waals surface area contributed by atoms with Crippen LogP contribution in [0.3, 0.4) is 0 Å². The Morgan fingerprint density at radius 3 is 1.53 bits per heavy atom. The van der Waals surface area contributed by atoms with Gasteiger partial charge in [0.05, 0.1) is 26.5 Å². The van der Waals surface area contributed by atoms with E-state index in [-0.39, 0.29) is 0 Å². The highest BCUT2D eigenvalue weighted by Gasteiger charge is 2.27. The highest BCUT2D eigenvalue weighted by molar-refractivity contribution is 7.26. The minimum Gasteiger partial charge on any atom is -0.456 e. The van der Waals surface area contributed by atoms with Gasteiger partial charge in [0.25, 0.3) is 0 Å². The molecule has 0 spiro atoms. The van der Waals surface area contributed by atoms with E-state index in [1.54, 1.807) is 0 Å². The number of hydrogen-bond acceptors (Lipinski definition) is 5. The maximum Gasteiger partial charge on any atom is 0.137 e. The van der Waals surface area contributed by atoms with Crippen LogP contribution in [0, 0.1) is 0 Å². The van der Waals surface area contributed by atoms with Crippen molar-refractivity contribution in [1.29, 1.82) is 0 Å². The summed E-state index contributed by atoms with van der Waals surface area (Å²) < 4.78 is 12.1. The van der Waals surface area contributed by atoms with Crippen LogP contribution in [0.4, 0.5) is 34.1 Å². The van der Waals surface area contributed by atoms with Crippen molar-refractivity contribution in [2.75, 3.05) is 9.80 Å². The highest BCUT2D eigenvalue weighted by atomic mass is 32.1. The summed E-state index contributed by atoms with van der Waals surface area (Å²) in [5, 5.41) is 7.39. The predicted octanol–water partition coefficient (Wildman–Crippen LogP) is 16.3. The van der Waals surface area contributed by atoms with Gasteiger partial charge in [0, 0.05) is 70.4 Å². The number of rotatable bonds is 6. The molecular weight excluding hydrogens is 733 g/mol. The Morgan fingerprint density at radius 2 is 0.860 bits per heavy atom. The smallest absolute Gasteiger partial charge is 0.137 e. The van der Waals surface area contributed by atoms with Crippen molar-refractivity contribution in [3.05, 3.63) is 194 Å². The van der Waals surface area contributed by atoms with Crippen LogP contribution in [0.25, 0.3) is 62.2 Å². The predicted molar refractivity (Wildman–Crippen MR) is 245 cm³/mol. The summed E-state index contributed by atoms with van der Waals surface area (Å²) in [4.78, 5) is 4.79. The van der Waals surface area contributed by atoms with Crippen molar-refractivity contribution in [3.63, 3.8) is 0 Å². The van der Waals surface area contributed by atoms with Crippen LogP contribution < -0.4 is 14.5 Å². The number of fused-ring (bicyclic) bond motifs is 8. The summed E-state index contributed by atoms with van der Waals surface area (Å²) in [5.41, 5.74) is 8.93. The molecule has 1 aliphatic rings. The van der Waals surface area contributed by atoms with E-state index in [0.717, 1.165) is 62.0 Å². The molecule has 2 aromatic heterocycles. The standard InChI is InChI=1S/C52H32N2OS2/c1-3-14-33(15-4-1)53(44-23-11-20-40-37-18-7-9-26-48(37)56-51(40)44)35-28-29-36-39-30-31-43(42-22-13-25-46(50(39)42)55-47(36)32-35)54(34-16-5-2-6-17-34)45-24-12-21-41-38-19-8-10-27-49(38)57-52(41)45/h1-32H. The Labute approximate surface area is 337 Å². The largest absolute Gasteiger partial charge is 0.456 e. The van der Waals surface area contributed by atoms with Crippen molar-refractivity contribution >= 4 is 108 Å². The first-order valence-electron chi connectivity index (χ1n) is 19.2. The van der Waals surface area contributed by atoms with E-state index in [1.807, 2.05) is 22.7 Å². The third kappa shape index (κ3) is 5.03. The molecular formula is C52H32N2OS2. The number of nitrogens with zero attached hydrogens (tertiary/aromatic N) is 2. The zero-order chi connectivity index (χ0) is 37.5. The first-order chi connectivity index (χ1) is 28.3. The maximum absolute atomic E-state index is 6.96. The molecule has 3 nitrogen and oxygen atoms in total. The van der Waals surface area contributed by atoms with Gasteiger partial charge in [-0.25, -0.2) is 0 Å². The van der Waals surface area contributed by atoms with Gasteiger partial charge in [-0.05, 0) is 78.4 Å². The molecule has 0 fully saturated rings. The summed E-state index contributed by atoms with van der Waals surface area (Å²) in [5.74, 6) is 1.71.